The zero-order valence-corrected chi connectivity index (χ0v) is 13.5. The summed E-state index contributed by atoms with van der Waals surface area (Å²) in [5.41, 5.74) is 3.37. The Hall–Kier alpha value is -2.38. The molecule has 0 unspecified atom stereocenters. The lowest BCUT2D eigenvalue weighted by molar-refractivity contribution is 0.336. The Morgan fingerprint density at radius 3 is 2.05 bits per heavy atom. The van der Waals surface area contributed by atoms with Crippen molar-refractivity contribution in [3.8, 4) is 6.07 Å². The maximum Gasteiger partial charge on any atom is 0.278 e. The van der Waals surface area contributed by atoms with Crippen LogP contribution in [0, 0.1) is 11.3 Å². The average Bonchev–Trinajstić information content (AvgIpc) is 2.48. The van der Waals surface area contributed by atoms with Crippen LogP contribution < -0.4 is 0 Å². The summed E-state index contributed by atoms with van der Waals surface area (Å²) in [4.78, 5) is 0. The molecule has 0 amide bonds. The second-order valence-electron chi connectivity index (χ2n) is 5.70. The number of hydrogen-bond acceptors (Lipinski definition) is 3. The first kappa shape index (κ1) is 15.0. The van der Waals surface area contributed by atoms with Gasteiger partial charge in [0.05, 0.1) is 11.6 Å². The highest BCUT2D eigenvalue weighted by atomic mass is 28.4. The highest BCUT2D eigenvalue weighted by Crippen LogP contribution is 2.14. The molecule has 0 bridgehead atoms. The highest BCUT2D eigenvalue weighted by Gasteiger charge is 2.17. The van der Waals surface area contributed by atoms with Crippen LogP contribution in [0.2, 0.25) is 19.6 Å². The van der Waals surface area contributed by atoms with E-state index in [0.29, 0.717) is 5.56 Å². The smallest absolute Gasteiger partial charge is 0.278 e. The molecule has 0 N–H and O–H groups in total. The first-order valence-corrected chi connectivity index (χ1v) is 10.2. The van der Waals surface area contributed by atoms with E-state index in [-0.39, 0.29) is 0 Å². The minimum Gasteiger partial charge on any atom is -0.455 e. The van der Waals surface area contributed by atoms with E-state index < -0.39 is 8.32 Å². The van der Waals surface area contributed by atoms with E-state index in [9.17, 15) is 0 Å². The highest BCUT2D eigenvalue weighted by molar-refractivity contribution is 6.69. The third kappa shape index (κ3) is 4.30. The van der Waals surface area contributed by atoms with Crippen molar-refractivity contribution < 1.29 is 4.53 Å². The SMILES string of the molecule is C[Si](C)(C)ON=C(c1ccccc1)c1ccc(C#N)cc1. The monoisotopic (exact) mass is 294 g/mol. The van der Waals surface area contributed by atoms with E-state index in [4.69, 9.17) is 9.79 Å². The van der Waals surface area contributed by atoms with Crippen LogP contribution in [0.5, 0.6) is 0 Å². The van der Waals surface area contributed by atoms with Crippen LogP contribution in [-0.4, -0.2) is 14.0 Å². The van der Waals surface area contributed by atoms with Gasteiger partial charge in [-0.25, -0.2) is 0 Å². The standard InChI is InChI=1S/C17H18N2OSi/c1-21(2,3)20-19-17(15-7-5-4-6-8-15)16-11-9-14(13-18)10-12-16/h4-12H,1-3H3. The maximum absolute atomic E-state index is 8.89. The molecule has 4 heteroatoms. The van der Waals surface area contributed by atoms with Crippen molar-refractivity contribution in [3.05, 3.63) is 71.3 Å². The van der Waals surface area contributed by atoms with Crippen molar-refractivity contribution in [1.82, 2.24) is 0 Å². The van der Waals surface area contributed by atoms with Crippen molar-refractivity contribution in [1.29, 1.82) is 5.26 Å². The molecule has 0 fully saturated rings. The quantitative estimate of drug-likeness (QED) is 0.483. The Morgan fingerprint density at radius 1 is 0.952 bits per heavy atom. The average molecular weight is 294 g/mol. The van der Waals surface area contributed by atoms with Gasteiger partial charge in [-0.05, 0) is 31.8 Å². The van der Waals surface area contributed by atoms with E-state index in [2.05, 4.69) is 30.9 Å². The molecule has 0 aliphatic carbocycles. The van der Waals surface area contributed by atoms with E-state index >= 15 is 0 Å². The Kier molecular flexibility index (Phi) is 4.56. The molecule has 106 valence electrons. The summed E-state index contributed by atoms with van der Waals surface area (Å²) in [6.45, 7) is 6.29. The van der Waals surface area contributed by atoms with E-state index in [1.165, 1.54) is 0 Å². The molecule has 0 spiro atoms. The third-order valence-electron chi connectivity index (χ3n) is 2.75. The zero-order chi connectivity index (χ0) is 15.3. The van der Waals surface area contributed by atoms with E-state index in [1.807, 2.05) is 42.5 Å². The molecule has 3 nitrogen and oxygen atoms in total. The molecule has 0 atom stereocenters. The Morgan fingerprint density at radius 2 is 1.52 bits per heavy atom. The number of hydrogen-bond donors (Lipinski definition) is 0. The van der Waals surface area contributed by atoms with Crippen LogP contribution in [0.1, 0.15) is 16.7 Å². The van der Waals surface area contributed by atoms with Crippen LogP contribution in [0.4, 0.5) is 0 Å². The number of rotatable bonds is 4. The molecule has 0 radical (unpaired) electrons. The fourth-order valence-electron chi connectivity index (χ4n) is 1.75. The van der Waals surface area contributed by atoms with Crippen molar-refractivity contribution in [2.24, 2.45) is 5.16 Å². The second kappa shape index (κ2) is 6.38. The summed E-state index contributed by atoms with van der Waals surface area (Å²) < 4.78 is 5.72. The van der Waals surface area contributed by atoms with Crippen LogP contribution in [0.3, 0.4) is 0 Å². The summed E-state index contributed by atoms with van der Waals surface area (Å²) in [6.07, 6.45) is 0. The predicted molar refractivity (Wildman–Crippen MR) is 87.7 cm³/mol. The van der Waals surface area contributed by atoms with Gasteiger partial charge in [-0.15, -0.1) is 5.16 Å². The number of nitriles is 1. The number of benzene rings is 2. The van der Waals surface area contributed by atoms with Gasteiger partial charge in [0, 0.05) is 11.1 Å². The molecule has 0 aliphatic rings. The zero-order valence-electron chi connectivity index (χ0n) is 12.5. The maximum atomic E-state index is 8.89. The summed E-state index contributed by atoms with van der Waals surface area (Å²) in [5.74, 6) is 0. The summed E-state index contributed by atoms with van der Waals surface area (Å²) >= 11 is 0. The number of oxime groups is 1. The summed E-state index contributed by atoms with van der Waals surface area (Å²) in [7, 11) is -1.74. The number of nitrogens with zero attached hydrogens (tertiary/aromatic N) is 2. The normalized spacial score (nSPS) is 11.8. The minimum absolute atomic E-state index is 0.636. The van der Waals surface area contributed by atoms with Gasteiger partial charge in [0.25, 0.3) is 8.32 Å². The first-order chi connectivity index (χ1) is 9.99. The molecule has 0 saturated heterocycles. The van der Waals surface area contributed by atoms with Crippen LogP contribution >= 0.6 is 0 Å². The lowest BCUT2D eigenvalue weighted by atomic mass is 10.0. The summed E-state index contributed by atoms with van der Waals surface area (Å²) in [6, 6.07) is 19.4. The Bertz CT molecular complexity index is 665. The van der Waals surface area contributed by atoms with Gasteiger partial charge in [-0.2, -0.15) is 5.26 Å². The molecular weight excluding hydrogens is 276 g/mol. The van der Waals surface area contributed by atoms with Gasteiger partial charge in [-0.3, -0.25) is 0 Å². The van der Waals surface area contributed by atoms with Gasteiger partial charge < -0.3 is 4.53 Å². The Balaban J connectivity index is 2.43. The third-order valence-corrected chi connectivity index (χ3v) is 3.38. The van der Waals surface area contributed by atoms with Gasteiger partial charge >= 0.3 is 0 Å². The molecule has 21 heavy (non-hydrogen) atoms. The molecule has 0 aromatic heterocycles. The van der Waals surface area contributed by atoms with Crippen LogP contribution in [0.25, 0.3) is 0 Å². The van der Waals surface area contributed by atoms with Crippen LogP contribution in [0.15, 0.2) is 59.8 Å². The van der Waals surface area contributed by atoms with Crippen molar-refractivity contribution in [2.75, 3.05) is 0 Å². The fourth-order valence-corrected chi connectivity index (χ4v) is 2.12. The minimum atomic E-state index is -1.74. The van der Waals surface area contributed by atoms with Gasteiger partial charge in [0.2, 0.25) is 0 Å². The Labute approximate surface area is 126 Å². The molecule has 2 aromatic rings. The van der Waals surface area contributed by atoms with Gasteiger partial charge in [0.15, 0.2) is 0 Å². The lowest BCUT2D eigenvalue weighted by Gasteiger charge is -2.15. The predicted octanol–water partition coefficient (Wildman–Crippen LogP) is 4.16. The van der Waals surface area contributed by atoms with Crippen molar-refractivity contribution in [2.45, 2.75) is 19.6 Å². The molecule has 0 saturated carbocycles. The molecule has 2 rings (SSSR count). The van der Waals surface area contributed by atoms with Crippen molar-refractivity contribution >= 4 is 14.0 Å². The van der Waals surface area contributed by atoms with Crippen LogP contribution in [-0.2, 0) is 4.53 Å². The largest absolute Gasteiger partial charge is 0.455 e. The molecular formula is C17H18N2OSi. The lowest BCUT2D eigenvalue weighted by Crippen LogP contribution is -2.23. The first-order valence-electron chi connectivity index (χ1n) is 6.82. The topological polar surface area (TPSA) is 45.4 Å². The van der Waals surface area contributed by atoms with E-state index in [1.54, 1.807) is 12.1 Å². The van der Waals surface area contributed by atoms with Crippen molar-refractivity contribution in [3.63, 3.8) is 0 Å². The van der Waals surface area contributed by atoms with Gasteiger partial charge in [-0.1, -0.05) is 42.5 Å². The molecule has 2 aromatic carbocycles. The fraction of sp³-hybridized carbons (Fsp3) is 0.176. The molecule has 0 heterocycles. The molecule has 0 aliphatic heterocycles. The van der Waals surface area contributed by atoms with Gasteiger partial charge in [0.1, 0.15) is 5.71 Å². The second-order valence-corrected chi connectivity index (χ2v) is 10.1. The van der Waals surface area contributed by atoms with E-state index in [0.717, 1.165) is 16.8 Å². The summed E-state index contributed by atoms with van der Waals surface area (Å²) in [5, 5.41) is 13.3.